The summed E-state index contributed by atoms with van der Waals surface area (Å²) >= 11 is 6.70. The van der Waals surface area contributed by atoms with E-state index in [2.05, 4.69) is 45.7 Å². The minimum absolute atomic E-state index is 0.140. The molecular formula is C27H28Br2O4. The van der Waals surface area contributed by atoms with Crippen molar-refractivity contribution in [2.45, 2.75) is 39.7 Å². The molecule has 0 aromatic heterocycles. The zero-order valence-corrected chi connectivity index (χ0v) is 22.4. The molecule has 0 saturated heterocycles. The predicted molar refractivity (Wildman–Crippen MR) is 141 cm³/mol. The fourth-order valence-electron chi connectivity index (χ4n) is 3.20. The van der Waals surface area contributed by atoms with Crippen LogP contribution < -0.4 is 18.9 Å². The Morgan fingerprint density at radius 2 is 1.24 bits per heavy atom. The SMILES string of the molecule is CC(C)Oc1ccc(Oc2ccc(Oc3cccc(OCC=C(Br)Br)c3C(C)C)cc2)cc1. The Balaban J connectivity index is 1.69. The first-order chi connectivity index (χ1) is 15.8. The van der Waals surface area contributed by atoms with Gasteiger partial charge in [-0.05, 0) is 118 Å². The Morgan fingerprint density at radius 1 is 0.727 bits per heavy atom. The van der Waals surface area contributed by atoms with Gasteiger partial charge >= 0.3 is 0 Å². The van der Waals surface area contributed by atoms with Crippen LogP contribution in [0.3, 0.4) is 0 Å². The maximum absolute atomic E-state index is 6.21. The van der Waals surface area contributed by atoms with E-state index in [1.54, 1.807) is 0 Å². The number of ether oxygens (including phenoxy) is 4. The highest BCUT2D eigenvalue weighted by atomic mass is 79.9. The van der Waals surface area contributed by atoms with Crippen LogP contribution in [0.4, 0.5) is 0 Å². The first kappa shape index (κ1) is 25.2. The van der Waals surface area contributed by atoms with Crippen LogP contribution in [0.1, 0.15) is 39.2 Å². The van der Waals surface area contributed by atoms with E-state index in [9.17, 15) is 0 Å². The lowest BCUT2D eigenvalue weighted by atomic mass is 10.0. The molecule has 4 nitrogen and oxygen atoms in total. The van der Waals surface area contributed by atoms with Crippen LogP contribution in [0.2, 0.25) is 0 Å². The number of hydrogen-bond acceptors (Lipinski definition) is 4. The number of halogens is 2. The summed E-state index contributed by atoms with van der Waals surface area (Å²) < 4.78 is 24.6. The van der Waals surface area contributed by atoms with Crippen LogP contribution in [0.15, 0.2) is 76.2 Å². The molecule has 0 atom stereocenters. The number of rotatable bonds is 10. The van der Waals surface area contributed by atoms with Gasteiger partial charge in [-0.2, -0.15) is 0 Å². The zero-order chi connectivity index (χ0) is 23.8. The normalized spacial score (nSPS) is 10.8. The molecule has 174 valence electrons. The third-order valence-electron chi connectivity index (χ3n) is 4.56. The van der Waals surface area contributed by atoms with Gasteiger partial charge in [0.1, 0.15) is 41.1 Å². The third-order valence-corrected chi connectivity index (χ3v) is 5.21. The standard InChI is InChI=1S/C27H28Br2O4/c1-18(2)27-24(30-17-16-26(28)29)6-5-7-25(27)33-23-14-12-22(13-15-23)32-21-10-8-20(9-11-21)31-19(3)4/h5-16,18-19H,17H2,1-4H3. The maximum Gasteiger partial charge on any atom is 0.134 e. The van der Waals surface area contributed by atoms with Gasteiger partial charge in [0.2, 0.25) is 0 Å². The van der Waals surface area contributed by atoms with Gasteiger partial charge in [0.05, 0.1) is 9.50 Å². The summed E-state index contributed by atoms with van der Waals surface area (Å²) in [7, 11) is 0. The van der Waals surface area contributed by atoms with Crippen molar-refractivity contribution in [1.82, 2.24) is 0 Å². The van der Waals surface area contributed by atoms with Crippen LogP contribution in [0.25, 0.3) is 0 Å². The van der Waals surface area contributed by atoms with Crippen molar-refractivity contribution in [1.29, 1.82) is 0 Å². The molecule has 0 saturated carbocycles. The lowest BCUT2D eigenvalue weighted by molar-refractivity contribution is 0.242. The number of hydrogen-bond donors (Lipinski definition) is 0. The van der Waals surface area contributed by atoms with Gasteiger partial charge in [-0.3, -0.25) is 0 Å². The van der Waals surface area contributed by atoms with E-state index < -0.39 is 0 Å². The highest BCUT2D eigenvalue weighted by molar-refractivity contribution is 9.28. The lowest BCUT2D eigenvalue weighted by Crippen LogP contribution is -2.05. The molecule has 0 aliphatic carbocycles. The smallest absolute Gasteiger partial charge is 0.134 e. The van der Waals surface area contributed by atoms with E-state index in [-0.39, 0.29) is 12.0 Å². The number of benzene rings is 3. The molecular weight excluding hydrogens is 548 g/mol. The first-order valence-corrected chi connectivity index (χ1v) is 12.4. The second-order valence-corrected chi connectivity index (χ2v) is 10.7. The molecule has 0 aliphatic heterocycles. The fraction of sp³-hybridized carbons (Fsp3) is 0.259. The Kier molecular flexibility index (Phi) is 9.27. The predicted octanol–water partition coefficient (Wildman–Crippen LogP) is 9.19. The van der Waals surface area contributed by atoms with E-state index in [1.165, 1.54) is 0 Å². The summed E-state index contributed by atoms with van der Waals surface area (Å²) in [5.74, 6) is 4.85. The molecule has 0 aliphatic rings. The minimum atomic E-state index is 0.140. The average molecular weight is 576 g/mol. The lowest BCUT2D eigenvalue weighted by Gasteiger charge is -2.18. The fourth-order valence-corrected chi connectivity index (χ4v) is 3.46. The van der Waals surface area contributed by atoms with Gasteiger partial charge < -0.3 is 18.9 Å². The van der Waals surface area contributed by atoms with Gasteiger partial charge in [-0.1, -0.05) is 19.9 Å². The Hall–Kier alpha value is -2.44. The molecule has 3 aromatic rings. The third kappa shape index (κ3) is 7.83. The van der Waals surface area contributed by atoms with Gasteiger partial charge in [0.15, 0.2) is 0 Å². The second kappa shape index (κ2) is 12.1. The highest BCUT2D eigenvalue weighted by Crippen LogP contribution is 2.38. The molecule has 3 rings (SSSR count). The van der Waals surface area contributed by atoms with Crippen molar-refractivity contribution < 1.29 is 18.9 Å². The van der Waals surface area contributed by atoms with E-state index in [1.807, 2.05) is 86.7 Å². The van der Waals surface area contributed by atoms with E-state index in [0.29, 0.717) is 6.61 Å². The monoisotopic (exact) mass is 574 g/mol. The minimum Gasteiger partial charge on any atom is -0.491 e. The summed E-state index contributed by atoms with van der Waals surface area (Å²) in [4.78, 5) is 0. The Bertz CT molecular complexity index is 1050. The summed E-state index contributed by atoms with van der Waals surface area (Å²) in [6, 6.07) is 21.0. The summed E-state index contributed by atoms with van der Waals surface area (Å²) in [5.41, 5.74) is 1.03. The van der Waals surface area contributed by atoms with E-state index >= 15 is 0 Å². The van der Waals surface area contributed by atoms with Crippen LogP contribution in [-0.4, -0.2) is 12.7 Å². The summed E-state index contributed by atoms with van der Waals surface area (Å²) in [6.45, 7) is 8.70. The van der Waals surface area contributed by atoms with Gasteiger partial charge in [-0.15, -0.1) is 0 Å². The molecule has 0 N–H and O–H groups in total. The van der Waals surface area contributed by atoms with Gasteiger partial charge in [-0.25, -0.2) is 0 Å². The Labute approximate surface area is 212 Å². The average Bonchev–Trinajstić information content (AvgIpc) is 2.76. The van der Waals surface area contributed by atoms with Crippen molar-refractivity contribution in [3.63, 3.8) is 0 Å². The van der Waals surface area contributed by atoms with Crippen LogP contribution >= 0.6 is 31.9 Å². The summed E-state index contributed by atoms with van der Waals surface area (Å²) in [6.07, 6.45) is 2.04. The van der Waals surface area contributed by atoms with E-state index in [0.717, 1.165) is 43.5 Å². The van der Waals surface area contributed by atoms with Crippen LogP contribution in [-0.2, 0) is 0 Å². The molecule has 3 aromatic carbocycles. The molecule has 0 unspecified atom stereocenters. The molecule has 0 amide bonds. The van der Waals surface area contributed by atoms with Crippen molar-refractivity contribution in [2.24, 2.45) is 0 Å². The van der Waals surface area contributed by atoms with Crippen LogP contribution in [0, 0.1) is 0 Å². The van der Waals surface area contributed by atoms with Gasteiger partial charge in [0.25, 0.3) is 0 Å². The molecule has 0 spiro atoms. The topological polar surface area (TPSA) is 36.9 Å². The molecule has 0 bridgehead atoms. The molecule has 6 heteroatoms. The molecule has 0 heterocycles. The quantitative estimate of drug-likeness (QED) is 0.241. The van der Waals surface area contributed by atoms with Crippen molar-refractivity contribution in [2.75, 3.05) is 6.61 Å². The maximum atomic E-state index is 6.21. The zero-order valence-electron chi connectivity index (χ0n) is 19.2. The molecule has 0 fully saturated rings. The molecule has 33 heavy (non-hydrogen) atoms. The first-order valence-electron chi connectivity index (χ1n) is 10.8. The molecule has 0 radical (unpaired) electrons. The largest absolute Gasteiger partial charge is 0.491 e. The van der Waals surface area contributed by atoms with Crippen LogP contribution in [0.5, 0.6) is 34.5 Å². The van der Waals surface area contributed by atoms with Crippen molar-refractivity contribution in [3.8, 4) is 34.5 Å². The van der Waals surface area contributed by atoms with Crippen molar-refractivity contribution in [3.05, 3.63) is 81.8 Å². The summed E-state index contributed by atoms with van der Waals surface area (Å²) in [5, 5.41) is 0. The Morgan fingerprint density at radius 3 is 1.76 bits per heavy atom. The second-order valence-electron chi connectivity index (χ2n) is 7.94. The highest BCUT2D eigenvalue weighted by Gasteiger charge is 2.15. The van der Waals surface area contributed by atoms with E-state index in [4.69, 9.17) is 18.9 Å². The van der Waals surface area contributed by atoms with Gasteiger partial charge in [0, 0.05) is 5.56 Å². The van der Waals surface area contributed by atoms with Crippen molar-refractivity contribution >= 4 is 31.9 Å².